The first-order valence-electron chi connectivity index (χ1n) is 7.67. The Kier molecular flexibility index (Phi) is 7.57. The molecule has 3 heteroatoms. The first kappa shape index (κ1) is 17.5. The molecular weight excluding hydrogens is 270 g/mol. The summed E-state index contributed by atoms with van der Waals surface area (Å²) in [7, 11) is 0. The number of hydrogen-bond donors (Lipinski definition) is 1. The molecule has 1 N–H and O–H groups in total. The third-order valence-corrected chi connectivity index (χ3v) is 4.45. The summed E-state index contributed by atoms with van der Waals surface area (Å²) < 4.78 is 0. The molecule has 0 amide bonds. The molecule has 0 radical (unpaired) electrons. The lowest BCUT2D eigenvalue weighted by molar-refractivity contribution is 0.0909. The maximum Gasteiger partial charge on any atom is 0.0790 e. The second-order valence-corrected chi connectivity index (χ2v) is 5.94. The zero-order chi connectivity index (χ0) is 13.7. The van der Waals surface area contributed by atoms with Gasteiger partial charge in [-0.25, -0.2) is 0 Å². The van der Waals surface area contributed by atoms with Crippen molar-refractivity contribution < 1.29 is 5.11 Å². The van der Waals surface area contributed by atoms with Crippen molar-refractivity contribution in [3.63, 3.8) is 0 Å². The van der Waals surface area contributed by atoms with E-state index in [-0.39, 0.29) is 18.5 Å². The fraction of sp³-hybridized carbons (Fsp3) is 0.647. The highest BCUT2D eigenvalue weighted by molar-refractivity contribution is 5.85. The van der Waals surface area contributed by atoms with Crippen LogP contribution in [-0.4, -0.2) is 28.6 Å². The van der Waals surface area contributed by atoms with Crippen LogP contribution < -0.4 is 0 Å². The maximum atomic E-state index is 10.2. The van der Waals surface area contributed by atoms with Gasteiger partial charge in [-0.15, -0.1) is 12.4 Å². The van der Waals surface area contributed by atoms with Gasteiger partial charge in [0.25, 0.3) is 0 Å². The van der Waals surface area contributed by atoms with Gasteiger partial charge in [0, 0.05) is 12.1 Å². The number of aliphatic hydroxyl groups is 1. The first-order chi connectivity index (χ1) is 9.18. The second kappa shape index (κ2) is 8.66. The van der Waals surface area contributed by atoms with E-state index in [0.717, 1.165) is 24.9 Å². The zero-order valence-electron chi connectivity index (χ0n) is 12.7. The van der Waals surface area contributed by atoms with Crippen LogP contribution in [0.25, 0.3) is 0 Å². The van der Waals surface area contributed by atoms with Gasteiger partial charge in [-0.05, 0) is 51.6 Å². The van der Waals surface area contributed by atoms with E-state index in [9.17, 15) is 5.11 Å². The van der Waals surface area contributed by atoms with Gasteiger partial charge in [0.2, 0.25) is 0 Å². The van der Waals surface area contributed by atoms with Crippen LogP contribution in [0.3, 0.4) is 0 Å². The normalized spacial score (nSPS) is 24.9. The molecule has 0 bridgehead atoms. The molecule has 1 aliphatic rings. The third-order valence-electron chi connectivity index (χ3n) is 4.45. The van der Waals surface area contributed by atoms with Crippen molar-refractivity contribution in [3.8, 4) is 0 Å². The Morgan fingerprint density at radius 1 is 1.15 bits per heavy atom. The van der Waals surface area contributed by atoms with Gasteiger partial charge >= 0.3 is 0 Å². The number of rotatable bonds is 5. The molecule has 114 valence electrons. The van der Waals surface area contributed by atoms with Crippen molar-refractivity contribution in [2.24, 2.45) is 0 Å². The first-order valence-corrected chi connectivity index (χ1v) is 7.67. The van der Waals surface area contributed by atoms with Crippen LogP contribution in [0.5, 0.6) is 0 Å². The molecule has 2 nitrogen and oxygen atoms in total. The summed E-state index contributed by atoms with van der Waals surface area (Å²) in [6.07, 6.45) is 5.64. The Morgan fingerprint density at radius 3 is 2.35 bits per heavy atom. The minimum Gasteiger partial charge on any atom is -0.388 e. The Morgan fingerprint density at radius 2 is 1.75 bits per heavy atom. The molecule has 0 aliphatic carbocycles. The minimum absolute atomic E-state index is 0. The molecule has 0 saturated carbocycles. The molecule has 1 heterocycles. The average molecular weight is 298 g/mol. The highest BCUT2D eigenvalue weighted by Gasteiger charge is 2.24. The average Bonchev–Trinajstić information content (AvgIpc) is 2.43. The fourth-order valence-corrected chi connectivity index (χ4v) is 3.22. The van der Waals surface area contributed by atoms with E-state index in [1.807, 2.05) is 30.3 Å². The van der Waals surface area contributed by atoms with Crippen LogP contribution in [0.4, 0.5) is 0 Å². The quantitative estimate of drug-likeness (QED) is 0.881. The fourth-order valence-electron chi connectivity index (χ4n) is 3.22. The molecule has 1 saturated heterocycles. The number of likely N-dealkylation sites (tertiary alicyclic amines) is 1. The Labute approximate surface area is 129 Å². The van der Waals surface area contributed by atoms with Gasteiger partial charge in [0.1, 0.15) is 0 Å². The van der Waals surface area contributed by atoms with Crippen molar-refractivity contribution in [3.05, 3.63) is 35.9 Å². The number of halogens is 1. The summed E-state index contributed by atoms with van der Waals surface area (Å²) in [5.74, 6) is 0. The van der Waals surface area contributed by atoms with Crippen LogP contribution in [0.2, 0.25) is 0 Å². The monoisotopic (exact) mass is 297 g/mol. The summed E-state index contributed by atoms with van der Waals surface area (Å²) >= 11 is 0. The summed E-state index contributed by atoms with van der Waals surface area (Å²) in [4.78, 5) is 2.61. The van der Waals surface area contributed by atoms with Gasteiger partial charge in [-0.2, -0.15) is 0 Å². The molecule has 0 spiro atoms. The van der Waals surface area contributed by atoms with E-state index in [4.69, 9.17) is 0 Å². The molecule has 2 rings (SSSR count). The van der Waals surface area contributed by atoms with Gasteiger partial charge in [-0.1, -0.05) is 36.8 Å². The van der Waals surface area contributed by atoms with E-state index >= 15 is 0 Å². The van der Waals surface area contributed by atoms with Crippen LogP contribution in [0.1, 0.15) is 57.6 Å². The summed E-state index contributed by atoms with van der Waals surface area (Å²) in [5.41, 5.74) is 1.04. The van der Waals surface area contributed by atoms with E-state index in [1.54, 1.807) is 0 Å². The number of piperidine rings is 1. The molecule has 20 heavy (non-hydrogen) atoms. The lowest BCUT2D eigenvalue weighted by Gasteiger charge is -2.39. The lowest BCUT2D eigenvalue weighted by Crippen LogP contribution is -2.44. The van der Waals surface area contributed by atoms with Crippen molar-refractivity contribution in [2.45, 2.75) is 64.1 Å². The maximum absolute atomic E-state index is 10.2. The summed E-state index contributed by atoms with van der Waals surface area (Å²) in [5, 5.41) is 10.2. The Hall–Kier alpha value is -0.570. The third kappa shape index (κ3) is 4.76. The van der Waals surface area contributed by atoms with Crippen molar-refractivity contribution in [1.29, 1.82) is 0 Å². The van der Waals surface area contributed by atoms with Crippen LogP contribution in [-0.2, 0) is 0 Å². The van der Waals surface area contributed by atoms with E-state index in [2.05, 4.69) is 18.7 Å². The predicted octanol–water partition coefficient (Wildman–Crippen LogP) is 4.18. The Balaban J connectivity index is 0.00000200. The summed E-state index contributed by atoms with van der Waals surface area (Å²) in [6, 6.07) is 11.4. The SMILES string of the molecule is CC1CCCC(C)N1CCCC(O)c1ccccc1.Cl. The highest BCUT2D eigenvalue weighted by Crippen LogP contribution is 2.24. The smallest absolute Gasteiger partial charge is 0.0790 e. The number of hydrogen-bond acceptors (Lipinski definition) is 2. The molecule has 1 fully saturated rings. The van der Waals surface area contributed by atoms with Crippen molar-refractivity contribution >= 4 is 12.4 Å². The van der Waals surface area contributed by atoms with Gasteiger partial charge in [0.05, 0.1) is 6.10 Å². The van der Waals surface area contributed by atoms with Crippen molar-refractivity contribution in [2.75, 3.05) is 6.54 Å². The van der Waals surface area contributed by atoms with E-state index < -0.39 is 0 Å². The number of benzene rings is 1. The van der Waals surface area contributed by atoms with Crippen LogP contribution in [0.15, 0.2) is 30.3 Å². The number of nitrogens with zero attached hydrogens (tertiary/aromatic N) is 1. The molecule has 3 atom stereocenters. The van der Waals surface area contributed by atoms with E-state index in [1.165, 1.54) is 19.3 Å². The van der Waals surface area contributed by atoms with Gasteiger partial charge < -0.3 is 5.11 Å². The van der Waals surface area contributed by atoms with E-state index in [0.29, 0.717) is 12.1 Å². The van der Waals surface area contributed by atoms with Crippen LogP contribution >= 0.6 is 12.4 Å². The zero-order valence-corrected chi connectivity index (χ0v) is 13.5. The second-order valence-electron chi connectivity index (χ2n) is 5.94. The van der Waals surface area contributed by atoms with Gasteiger partial charge in [0.15, 0.2) is 0 Å². The van der Waals surface area contributed by atoms with Crippen LogP contribution in [0, 0.1) is 0 Å². The highest BCUT2D eigenvalue weighted by atomic mass is 35.5. The van der Waals surface area contributed by atoms with Gasteiger partial charge in [-0.3, -0.25) is 4.90 Å². The molecule has 1 aromatic rings. The topological polar surface area (TPSA) is 23.5 Å². The molecule has 1 aliphatic heterocycles. The molecular formula is C17H28ClNO. The summed E-state index contributed by atoms with van der Waals surface area (Å²) in [6.45, 7) is 5.79. The minimum atomic E-state index is -0.309. The Bertz CT molecular complexity index is 361. The molecule has 0 aromatic heterocycles. The standard InChI is InChI=1S/C17H27NO.ClH/c1-14-8-6-9-15(2)18(14)13-7-12-17(19)16-10-4-3-5-11-16;/h3-5,10-11,14-15,17,19H,6-9,12-13H2,1-2H3;1H. The number of aliphatic hydroxyl groups excluding tert-OH is 1. The largest absolute Gasteiger partial charge is 0.388 e. The predicted molar refractivity (Wildman–Crippen MR) is 87.4 cm³/mol. The lowest BCUT2D eigenvalue weighted by atomic mass is 9.96. The van der Waals surface area contributed by atoms with Crippen molar-refractivity contribution in [1.82, 2.24) is 4.90 Å². The molecule has 3 unspecified atom stereocenters. The molecule has 1 aromatic carbocycles.